The molecule has 0 saturated carbocycles. The highest BCUT2D eigenvalue weighted by molar-refractivity contribution is 5.84. The van der Waals surface area contributed by atoms with Gasteiger partial charge in [-0.15, -0.1) is 0 Å². The van der Waals surface area contributed by atoms with Gasteiger partial charge in [-0.1, -0.05) is 13.8 Å². The first-order chi connectivity index (χ1) is 10.7. The highest BCUT2D eigenvalue weighted by Crippen LogP contribution is 2.30. The van der Waals surface area contributed by atoms with Gasteiger partial charge in [-0.05, 0) is 12.3 Å². The quantitative estimate of drug-likeness (QED) is 0.406. The van der Waals surface area contributed by atoms with E-state index in [-0.39, 0.29) is 24.5 Å². The number of nitrogens with zero attached hydrogens (tertiary/aromatic N) is 1. The summed E-state index contributed by atoms with van der Waals surface area (Å²) in [5.41, 5.74) is 5.74. The molecule has 5 unspecified atom stereocenters. The van der Waals surface area contributed by atoms with E-state index in [4.69, 9.17) is 15.6 Å². The highest BCUT2D eigenvalue weighted by atomic mass is 16.5. The molecular weight excluding hydrogens is 306 g/mol. The minimum atomic E-state index is -1.77. The zero-order valence-corrected chi connectivity index (χ0v) is 13.1. The molecule has 0 aromatic heterocycles. The van der Waals surface area contributed by atoms with E-state index < -0.39 is 36.2 Å². The van der Waals surface area contributed by atoms with Crippen LogP contribution in [0, 0.1) is 5.92 Å². The number of amides is 2. The molecule has 2 fully saturated rings. The fraction of sp³-hybridized carbons (Fsp3) is 0.786. The third kappa shape index (κ3) is 3.80. The largest absolute Gasteiger partial charge is 0.479 e. The molecule has 2 aliphatic heterocycles. The molecule has 2 rings (SSSR count). The van der Waals surface area contributed by atoms with E-state index in [0.29, 0.717) is 13.0 Å². The molecule has 0 aliphatic carbocycles. The zero-order valence-electron chi connectivity index (χ0n) is 13.1. The number of nitrogens with two attached hydrogens (primary N) is 1. The Kier molecular flexibility index (Phi) is 5.23. The molecule has 23 heavy (non-hydrogen) atoms. The molecule has 2 heterocycles. The van der Waals surface area contributed by atoms with Crippen molar-refractivity contribution >= 4 is 17.8 Å². The van der Waals surface area contributed by atoms with E-state index in [9.17, 15) is 19.5 Å². The van der Waals surface area contributed by atoms with Crippen molar-refractivity contribution in [3.63, 3.8) is 0 Å². The maximum Gasteiger partial charge on any atom is 0.334 e. The van der Waals surface area contributed by atoms with Gasteiger partial charge in [0.05, 0.1) is 24.6 Å². The minimum absolute atomic E-state index is 0.0151. The van der Waals surface area contributed by atoms with Gasteiger partial charge in [0.25, 0.3) is 0 Å². The topological polar surface area (TPSA) is 142 Å². The predicted molar refractivity (Wildman–Crippen MR) is 78.0 cm³/mol. The first-order valence-electron chi connectivity index (χ1n) is 7.62. The zero-order chi connectivity index (χ0) is 17.3. The van der Waals surface area contributed by atoms with E-state index >= 15 is 0 Å². The van der Waals surface area contributed by atoms with Crippen molar-refractivity contribution in [2.75, 3.05) is 6.54 Å². The Morgan fingerprint density at radius 2 is 2.13 bits per heavy atom. The lowest BCUT2D eigenvalue weighted by Gasteiger charge is -2.31. The van der Waals surface area contributed by atoms with Gasteiger partial charge in [0.2, 0.25) is 11.8 Å². The maximum absolute atomic E-state index is 12.0. The van der Waals surface area contributed by atoms with Crippen LogP contribution in [-0.2, 0) is 19.1 Å². The number of hydrogen-bond acceptors (Lipinski definition) is 6. The van der Waals surface area contributed by atoms with Crippen LogP contribution in [0.3, 0.4) is 0 Å². The molecule has 9 heteroatoms. The Balaban J connectivity index is 1.99. The van der Waals surface area contributed by atoms with Gasteiger partial charge < -0.3 is 30.9 Å². The molecule has 0 spiro atoms. The second-order valence-corrected chi connectivity index (χ2v) is 6.37. The first-order valence-corrected chi connectivity index (χ1v) is 7.62. The van der Waals surface area contributed by atoms with Gasteiger partial charge in [0, 0.05) is 6.54 Å². The van der Waals surface area contributed by atoms with Gasteiger partial charge >= 0.3 is 5.97 Å². The average Bonchev–Trinajstić information content (AvgIpc) is 2.81. The third-order valence-corrected chi connectivity index (χ3v) is 4.27. The minimum Gasteiger partial charge on any atom is -0.479 e. The number of hydrogen-bond donors (Lipinski definition) is 4. The number of fused-ring (bicyclic) bond motifs is 1. The van der Waals surface area contributed by atoms with Crippen LogP contribution in [0.2, 0.25) is 0 Å². The lowest BCUT2D eigenvalue weighted by atomic mass is 10.00. The molecule has 0 bridgehead atoms. The molecule has 2 saturated heterocycles. The summed E-state index contributed by atoms with van der Waals surface area (Å²) in [4.78, 5) is 36.0. The monoisotopic (exact) mass is 329 g/mol. The highest BCUT2D eigenvalue weighted by Gasteiger charge is 2.46. The van der Waals surface area contributed by atoms with E-state index in [0.717, 1.165) is 0 Å². The second kappa shape index (κ2) is 6.81. The third-order valence-electron chi connectivity index (χ3n) is 4.27. The number of aliphatic carboxylic acids is 1. The van der Waals surface area contributed by atoms with Gasteiger partial charge in [-0.3, -0.25) is 9.59 Å². The van der Waals surface area contributed by atoms with E-state index in [2.05, 4.69) is 5.32 Å². The van der Waals surface area contributed by atoms with Crippen molar-refractivity contribution in [3.05, 3.63) is 0 Å². The fourth-order valence-corrected chi connectivity index (χ4v) is 2.68. The SMILES string of the molecule is CC(C)C(N)C(=O)NC(CC1CN2C(=O)CC2O1)C(O)C(=O)O. The molecule has 0 aromatic carbocycles. The number of aliphatic hydroxyl groups is 1. The Morgan fingerprint density at radius 1 is 1.48 bits per heavy atom. The number of carbonyl (C=O) groups is 3. The number of carboxylic acids is 1. The van der Waals surface area contributed by atoms with Crippen molar-refractivity contribution in [3.8, 4) is 0 Å². The number of carbonyl (C=O) groups excluding carboxylic acids is 2. The standard InChI is InChI=1S/C14H23N3O6/c1-6(2)11(15)13(20)16-8(12(19)14(21)22)3-7-5-17-9(18)4-10(17)23-7/h6-8,10-12,19H,3-5,15H2,1-2H3,(H,16,20)(H,21,22). The van der Waals surface area contributed by atoms with Crippen LogP contribution < -0.4 is 11.1 Å². The normalized spacial score (nSPS) is 27.2. The molecule has 2 amide bonds. The summed E-state index contributed by atoms with van der Waals surface area (Å²) in [5.74, 6) is -2.10. The van der Waals surface area contributed by atoms with Gasteiger partial charge in [0.15, 0.2) is 6.10 Å². The van der Waals surface area contributed by atoms with E-state index in [1.165, 1.54) is 0 Å². The average molecular weight is 329 g/mol. The molecule has 2 aliphatic rings. The molecular formula is C14H23N3O6. The molecule has 0 aromatic rings. The summed E-state index contributed by atoms with van der Waals surface area (Å²) in [6, 6.07) is -1.84. The van der Waals surface area contributed by atoms with Crippen LogP contribution in [-0.4, -0.2) is 70.0 Å². The summed E-state index contributed by atoms with van der Waals surface area (Å²) < 4.78 is 5.60. The van der Waals surface area contributed by atoms with Gasteiger partial charge in [-0.25, -0.2) is 4.79 Å². The Labute approximate surface area is 133 Å². The maximum atomic E-state index is 12.0. The smallest absolute Gasteiger partial charge is 0.334 e. The van der Waals surface area contributed by atoms with Gasteiger partial charge in [-0.2, -0.15) is 0 Å². The first kappa shape index (κ1) is 17.6. The van der Waals surface area contributed by atoms with Crippen LogP contribution in [0.5, 0.6) is 0 Å². The fourth-order valence-electron chi connectivity index (χ4n) is 2.68. The number of aliphatic hydroxyl groups excluding tert-OH is 1. The van der Waals surface area contributed by atoms with Crippen LogP contribution in [0.25, 0.3) is 0 Å². The molecule has 5 atom stereocenters. The predicted octanol–water partition coefficient (Wildman–Crippen LogP) is -1.75. The summed E-state index contributed by atoms with van der Waals surface area (Å²) in [6.45, 7) is 3.87. The van der Waals surface area contributed by atoms with Crippen LogP contribution >= 0.6 is 0 Å². The van der Waals surface area contributed by atoms with Crippen LogP contribution in [0.4, 0.5) is 0 Å². The van der Waals surface area contributed by atoms with Crippen molar-refractivity contribution in [1.29, 1.82) is 0 Å². The van der Waals surface area contributed by atoms with E-state index in [1.54, 1.807) is 18.7 Å². The van der Waals surface area contributed by atoms with Gasteiger partial charge in [0.1, 0.15) is 6.23 Å². The Morgan fingerprint density at radius 3 is 2.61 bits per heavy atom. The number of β-lactam (4-membered cyclic amide) rings is 1. The summed E-state index contributed by atoms with van der Waals surface area (Å²) >= 11 is 0. The Bertz CT molecular complexity index is 497. The van der Waals surface area contributed by atoms with Crippen molar-refractivity contribution in [1.82, 2.24) is 10.2 Å². The number of ether oxygens (including phenoxy) is 1. The summed E-state index contributed by atoms with van der Waals surface area (Å²) in [5, 5.41) is 21.3. The Hall–Kier alpha value is -1.71. The molecule has 130 valence electrons. The number of rotatable bonds is 7. The lowest BCUT2D eigenvalue weighted by molar-refractivity contribution is -0.156. The number of nitrogens with one attached hydrogen (secondary N) is 1. The van der Waals surface area contributed by atoms with E-state index in [1.807, 2.05) is 0 Å². The van der Waals surface area contributed by atoms with Crippen molar-refractivity contribution in [2.24, 2.45) is 11.7 Å². The van der Waals surface area contributed by atoms with Crippen molar-refractivity contribution < 1.29 is 29.3 Å². The number of carboxylic acid groups (broad SMARTS) is 1. The van der Waals surface area contributed by atoms with Crippen molar-refractivity contribution in [2.45, 2.75) is 57.2 Å². The second-order valence-electron chi connectivity index (χ2n) is 6.37. The summed E-state index contributed by atoms with van der Waals surface area (Å²) in [7, 11) is 0. The molecule has 5 N–H and O–H groups in total. The summed E-state index contributed by atoms with van der Waals surface area (Å²) in [6.07, 6.45) is -2.08. The van der Waals surface area contributed by atoms with Crippen LogP contribution in [0.15, 0.2) is 0 Å². The molecule has 0 radical (unpaired) electrons. The van der Waals surface area contributed by atoms with Crippen LogP contribution in [0.1, 0.15) is 26.7 Å². The lowest BCUT2D eigenvalue weighted by Crippen LogP contribution is -2.54. The molecule has 9 nitrogen and oxygen atoms in total.